The van der Waals surface area contributed by atoms with Crippen LogP contribution in [0.3, 0.4) is 0 Å². The van der Waals surface area contributed by atoms with E-state index in [4.69, 9.17) is 14.0 Å². The summed E-state index contributed by atoms with van der Waals surface area (Å²) in [7, 11) is 3.00. The molecule has 1 fully saturated rings. The van der Waals surface area contributed by atoms with Crippen molar-refractivity contribution in [2.45, 2.75) is 32.2 Å². The highest BCUT2D eigenvalue weighted by molar-refractivity contribution is 9.10. The van der Waals surface area contributed by atoms with Crippen LogP contribution < -0.4 is 14.4 Å². The smallest absolute Gasteiger partial charge is 0.301 e. The second kappa shape index (κ2) is 9.22. The van der Waals surface area contributed by atoms with Crippen molar-refractivity contribution in [2.24, 2.45) is 0 Å². The molecule has 0 bridgehead atoms. The Bertz CT molecular complexity index is 1320. The molecule has 0 spiro atoms. The fraction of sp³-hybridized carbons (Fsp3) is 0.269. The molecule has 1 aliphatic heterocycles. The minimum Gasteiger partial charge on any atom is -0.507 e. The molecule has 9 heteroatoms. The SMILES string of the molecule is COc1ccc(C2C(=C(O)c3ccc(Br)cc3)C(=O)C(=O)N2c2cc(C(C)(C)C)on2)c(OC)c1. The highest BCUT2D eigenvalue weighted by Gasteiger charge is 2.49. The van der Waals surface area contributed by atoms with Crippen molar-refractivity contribution in [1.29, 1.82) is 0 Å². The number of ether oxygens (including phenoxy) is 2. The number of amides is 1. The van der Waals surface area contributed by atoms with Gasteiger partial charge in [0.15, 0.2) is 5.82 Å². The number of carbonyl (C=O) groups excluding carboxylic acids is 2. The zero-order chi connectivity index (χ0) is 25.5. The molecule has 1 N–H and O–H groups in total. The number of aliphatic hydroxyl groups excluding tert-OH is 1. The Morgan fingerprint density at radius 1 is 1.06 bits per heavy atom. The second-order valence-electron chi connectivity index (χ2n) is 9.08. The van der Waals surface area contributed by atoms with Crippen molar-refractivity contribution in [1.82, 2.24) is 5.16 Å². The number of nitrogens with zero attached hydrogens (tertiary/aromatic N) is 2. The third-order valence-corrected chi connectivity index (χ3v) is 6.31. The first-order chi connectivity index (χ1) is 16.6. The van der Waals surface area contributed by atoms with Gasteiger partial charge in [0.25, 0.3) is 5.78 Å². The van der Waals surface area contributed by atoms with E-state index < -0.39 is 17.7 Å². The fourth-order valence-corrected chi connectivity index (χ4v) is 4.17. The molecule has 1 unspecified atom stereocenters. The van der Waals surface area contributed by atoms with Crippen LogP contribution in [-0.2, 0) is 15.0 Å². The molecule has 1 saturated heterocycles. The molecule has 2 aromatic carbocycles. The summed E-state index contributed by atoms with van der Waals surface area (Å²) in [5, 5.41) is 15.3. The van der Waals surface area contributed by atoms with Crippen LogP contribution in [0.15, 0.2) is 63.1 Å². The topological polar surface area (TPSA) is 102 Å². The molecule has 1 aromatic heterocycles. The van der Waals surface area contributed by atoms with Crippen molar-refractivity contribution in [3.63, 3.8) is 0 Å². The van der Waals surface area contributed by atoms with Gasteiger partial charge in [-0.25, -0.2) is 0 Å². The number of carbonyl (C=O) groups is 2. The Morgan fingerprint density at radius 3 is 2.31 bits per heavy atom. The highest BCUT2D eigenvalue weighted by atomic mass is 79.9. The number of methoxy groups -OCH3 is 2. The second-order valence-corrected chi connectivity index (χ2v) is 10.00. The first-order valence-corrected chi connectivity index (χ1v) is 11.6. The van der Waals surface area contributed by atoms with Crippen molar-refractivity contribution in [3.8, 4) is 11.5 Å². The van der Waals surface area contributed by atoms with Crippen LogP contribution in [-0.4, -0.2) is 36.2 Å². The third-order valence-electron chi connectivity index (χ3n) is 5.78. The predicted molar refractivity (Wildman–Crippen MR) is 134 cm³/mol. The predicted octanol–water partition coefficient (Wildman–Crippen LogP) is 5.38. The van der Waals surface area contributed by atoms with E-state index in [0.29, 0.717) is 28.4 Å². The molecule has 0 radical (unpaired) electrons. The number of aromatic nitrogens is 1. The van der Waals surface area contributed by atoms with Gasteiger partial charge in [0.2, 0.25) is 0 Å². The molecular weight excluding hydrogens is 516 g/mol. The number of ketones is 1. The van der Waals surface area contributed by atoms with Gasteiger partial charge in [-0.3, -0.25) is 14.5 Å². The van der Waals surface area contributed by atoms with Crippen molar-refractivity contribution in [2.75, 3.05) is 19.1 Å². The normalized spacial score (nSPS) is 17.7. The van der Waals surface area contributed by atoms with E-state index in [-0.39, 0.29) is 22.6 Å². The van der Waals surface area contributed by atoms with Crippen LogP contribution in [0.5, 0.6) is 11.5 Å². The molecule has 4 rings (SSSR count). The molecule has 0 saturated carbocycles. The van der Waals surface area contributed by atoms with Crippen LogP contribution in [0.4, 0.5) is 5.82 Å². The van der Waals surface area contributed by atoms with Gasteiger partial charge in [-0.2, -0.15) is 0 Å². The van der Waals surface area contributed by atoms with Gasteiger partial charge in [-0.05, 0) is 24.3 Å². The molecule has 3 aromatic rings. The van der Waals surface area contributed by atoms with Gasteiger partial charge in [-0.1, -0.05) is 54.0 Å². The molecule has 1 atom stereocenters. The summed E-state index contributed by atoms with van der Waals surface area (Å²) in [4.78, 5) is 27.9. The van der Waals surface area contributed by atoms with Gasteiger partial charge < -0.3 is 19.1 Å². The molecule has 182 valence electrons. The standard InChI is InChI=1S/C26H25BrN2O6/c1-26(2,3)19-13-20(28-35-19)29-22(17-11-10-16(33-4)12-18(17)34-5)21(24(31)25(29)32)23(30)14-6-8-15(27)9-7-14/h6-13,22,30H,1-5H3. The summed E-state index contributed by atoms with van der Waals surface area (Å²) in [6, 6.07) is 12.4. The van der Waals surface area contributed by atoms with Crippen LogP contribution in [0, 0.1) is 0 Å². The quantitative estimate of drug-likeness (QED) is 0.263. The minimum atomic E-state index is -1.02. The van der Waals surface area contributed by atoms with Gasteiger partial charge >= 0.3 is 5.91 Å². The summed E-state index contributed by atoms with van der Waals surface area (Å²) in [5.74, 6) is -0.360. The number of anilines is 1. The van der Waals surface area contributed by atoms with Crippen molar-refractivity contribution >= 4 is 39.2 Å². The van der Waals surface area contributed by atoms with E-state index in [1.165, 1.54) is 19.1 Å². The van der Waals surface area contributed by atoms with Gasteiger partial charge in [0, 0.05) is 33.1 Å². The average Bonchev–Trinajstić information content (AvgIpc) is 3.42. The van der Waals surface area contributed by atoms with Crippen molar-refractivity contribution in [3.05, 3.63) is 75.5 Å². The molecule has 35 heavy (non-hydrogen) atoms. The number of aliphatic hydroxyl groups is 1. The van der Waals surface area contributed by atoms with Crippen molar-refractivity contribution < 1.29 is 28.7 Å². The third kappa shape index (κ3) is 4.43. The lowest BCUT2D eigenvalue weighted by Gasteiger charge is -2.24. The zero-order valence-corrected chi connectivity index (χ0v) is 21.5. The van der Waals surface area contributed by atoms with E-state index in [2.05, 4.69) is 21.1 Å². The molecule has 1 amide bonds. The fourth-order valence-electron chi connectivity index (χ4n) is 3.90. The average molecular weight is 541 g/mol. The summed E-state index contributed by atoms with van der Waals surface area (Å²) < 4.78 is 17.2. The Balaban J connectivity index is 1.97. The monoisotopic (exact) mass is 540 g/mol. The zero-order valence-electron chi connectivity index (χ0n) is 20.0. The van der Waals surface area contributed by atoms with Crippen LogP contribution in [0.1, 0.15) is 43.7 Å². The van der Waals surface area contributed by atoms with Crippen LogP contribution >= 0.6 is 15.9 Å². The number of hydrogen-bond acceptors (Lipinski definition) is 7. The number of hydrogen-bond donors (Lipinski definition) is 1. The highest BCUT2D eigenvalue weighted by Crippen LogP contribution is 2.46. The number of benzene rings is 2. The maximum Gasteiger partial charge on any atom is 0.301 e. The molecule has 8 nitrogen and oxygen atoms in total. The Labute approximate surface area is 211 Å². The Kier molecular flexibility index (Phi) is 6.46. The van der Waals surface area contributed by atoms with E-state index in [0.717, 1.165) is 4.47 Å². The number of halogens is 1. The first kappa shape index (κ1) is 24.5. The van der Waals surface area contributed by atoms with Gasteiger partial charge in [0.1, 0.15) is 29.1 Å². The summed E-state index contributed by atoms with van der Waals surface area (Å²) in [6.07, 6.45) is 0. The van der Waals surface area contributed by atoms with E-state index >= 15 is 0 Å². The van der Waals surface area contributed by atoms with Gasteiger partial charge in [-0.15, -0.1) is 0 Å². The van der Waals surface area contributed by atoms with Gasteiger partial charge in [0.05, 0.1) is 19.8 Å². The van der Waals surface area contributed by atoms with E-state index in [9.17, 15) is 14.7 Å². The van der Waals surface area contributed by atoms with Crippen LogP contribution in [0.25, 0.3) is 5.76 Å². The van der Waals surface area contributed by atoms with E-state index in [1.54, 1.807) is 48.5 Å². The minimum absolute atomic E-state index is 0.0823. The number of Topliss-reactive ketones (excluding diaryl/α,β-unsaturated/α-hetero) is 1. The lowest BCUT2D eigenvalue weighted by atomic mass is 9.93. The van der Waals surface area contributed by atoms with Crippen LogP contribution in [0.2, 0.25) is 0 Å². The Morgan fingerprint density at radius 2 is 1.74 bits per heavy atom. The largest absolute Gasteiger partial charge is 0.507 e. The Hall–Kier alpha value is -3.59. The molecule has 2 heterocycles. The van der Waals surface area contributed by atoms with E-state index in [1.807, 2.05) is 20.8 Å². The maximum absolute atomic E-state index is 13.3. The lowest BCUT2D eigenvalue weighted by molar-refractivity contribution is -0.132. The maximum atomic E-state index is 13.3. The molecule has 1 aliphatic rings. The lowest BCUT2D eigenvalue weighted by Crippen LogP contribution is -2.30. The first-order valence-electron chi connectivity index (χ1n) is 10.8. The summed E-state index contributed by atoms with van der Waals surface area (Å²) >= 11 is 3.36. The summed E-state index contributed by atoms with van der Waals surface area (Å²) in [6.45, 7) is 5.84. The molecule has 0 aliphatic carbocycles. The number of rotatable bonds is 5. The molecular formula is C26H25BrN2O6. The summed E-state index contributed by atoms with van der Waals surface area (Å²) in [5.41, 5.74) is 0.413.